The van der Waals surface area contributed by atoms with Gasteiger partial charge in [-0.2, -0.15) is 0 Å². The molecule has 0 bridgehead atoms. The lowest BCUT2D eigenvalue weighted by Crippen LogP contribution is -2.36. The first-order valence-electron chi connectivity index (χ1n) is 11.0. The maximum absolute atomic E-state index is 13.0. The summed E-state index contributed by atoms with van der Waals surface area (Å²) in [5.74, 6) is -0.636. The number of imide groups is 1. The number of likely N-dealkylation sites (tertiary alicyclic amines) is 1. The fourth-order valence-electron chi connectivity index (χ4n) is 4.02. The van der Waals surface area contributed by atoms with Crippen molar-refractivity contribution in [1.29, 1.82) is 0 Å². The van der Waals surface area contributed by atoms with Gasteiger partial charge in [-0.1, -0.05) is 35.1 Å². The topological polar surface area (TPSA) is 118 Å². The summed E-state index contributed by atoms with van der Waals surface area (Å²) in [5, 5.41) is 5.18. The van der Waals surface area contributed by atoms with Gasteiger partial charge in [0.2, 0.25) is 0 Å². The maximum atomic E-state index is 13.0. The average molecular weight is 537 g/mol. The van der Waals surface area contributed by atoms with Gasteiger partial charge in [-0.3, -0.25) is 20.3 Å². The SMILES string of the molecule is COCC1CCCN1CCS(=O)(=O)c1ccc2nc(NC(=O)NC(=O)c3ccccc3Cl)sc2c1. The summed E-state index contributed by atoms with van der Waals surface area (Å²) >= 11 is 7.11. The van der Waals surface area contributed by atoms with Crippen LogP contribution in [0.4, 0.5) is 9.93 Å². The molecule has 12 heteroatoms. The summed E-state index contributed by atoms with van der Waals surface area (Å²) in [7, 11) is -1.85. The van der Waals surface area contributed by atoms with Gasteiger partial charge in [-0.15, -0.1) is 0 Å². The Morgan fingerprint density at radius 3 is 2.83 bits per heavy atom. The highest BCUT2D eigenvalue weighted by atomic mass is 35.5. The van der Waals surface area contributed by atoms with E-state index in [1.165, 1.54) is 12.1 Å². The van der Waals surface area contributed by atoms with Crippen LogP contribution in [0.5, 0.6) is 0 Å². The Kier molecular flexibility index (Phi) is 8.02. The average Bonchev–Trinajstić information content (AvgIpc) is 3.43. The Balaban J connectivity index is 1.40. The molecular formula is C23H25ClN4O5S2. The molecule has 1 aliphatic heterocycles. The molecule has 1 atom stereocenters. The van der Waals surface area contributed by atoms with E-state index in [0.29, 0.717) is 23.4 Å². The number of sulfone groups is 1. The molecule has 2 N–H and O–H groups in total. The van der Waals surface area contributed by atoms with Crippen molar-refractivity contribution in [3.8, 4) is 0 Å². The molecule has 1 saturated heterocycles. The number of amides is 3. The van der Waals surface area contributed by atoms with E-state index in [1.54, 1.807) is 37.4 Å². The van der Waals surface area contributed by atoms with Crippen LogP contribution in [0, 0.1) is 0 Å². The number of methoxy groups -OCH3 is 1. The van der Waals surface area contributed by atoms with Gasteiger partial charge in [0.1, 0.15) is 0 Å². The summed E-state index contributed by atoms with van der Waals surface area (Å²) < 4.78 is 31.8. The summed E-state index contributed by atoms with van der Waals surface area (Å²) in [6.45, 7) is 1.91. The van der Waals surface area contributed by atoms with Crippen LogP contribution in [0.1, 0.15) is 23.2 Å². The number of carbonyl (C=O) groups excluding carboxylic acids is 2. The minimum Gasteiger partial charge on any atom is -0.383 e. The van der Waals surface area contributed by atoms with Crippen molar-refractivity contribution in [3.63, 3.8) is 0 Å². The standard InChI is InChI=1S/C23H25ClN4O5S2/c1-33-14-15-5-4-10-28(15)11-12-35(31,32)16-8-9-19-20(13-16)34-23(25-19)27-22(30)26-21(29)17-6-2-3-7-18(17)24/h2-3,6-9,13,15H,4-5,10-12,14H2,1H3,(H2,25,26,27,29,30). The van der Waals surface area contributed by atoms with Crippen molar-refractivity contribution in [2.45, 2.75) is 23.8 Å². The number of nitrogens with zero attached hydrogens (tertiary/aromatic N) is 2. The van der Waals surface area contributed by atoms with Crippen LogP contribution in [-0.4, -0.2) is 68.8 Å². The largest absolute Gasteiger partial charge is 0.383 e. The number of halogens is 1. The van der Waals surface area contributed by atoms with Gasteiger partial charge in [0.15, 0.2) is 15.0 Å². The second kappa shape index (κ2) is 11.0. The summed E-state index contributed by atoms with van der Waals surface area (Å²) in [4.78, 5) is 31.2. The zero-order valence-electron chi connectivity index (χ0n) is 19.0. The van der Waals surface area contributed by atoms with E-state index in [4.69, 9.17) is 16.3 Å². The number of nitrogens with one attached hydrogen (secondary N) is 2. The lowest BCUT2D eigenvalue weighted by molar-refractivity contribution is 0.0967. The molecule has 1 aromatic heterocycles. The van der Waals surface area contributed by atoms with E-state index in [9.17, 15) is 18.0 Å². The third kappa shape index (κ3) is 6.17. The van der Waals surface area contributed by atoms with E-state index in [1.807, 2.05) is 0 Å². The second-order valence-corrected chi connectivity index (χ2v) is 11.7. The fourth-order valence-corrected chi connectivity index (χ4v) is 6.50. The molecule has 9 nitrogen and oxygen atoms in total. The second-order valence-electron chi connectivity index (χ2n) is 8.14. The van der Waals surface area contributed by atoms with E-state index < -0.39 is 21.8 Å². The monoisotopic (exact) mass is 536 g/mol. The number of anilines is 1. The van der Waals surface area contributed by atoms with E-state index in [2.05, 4.69) is 20.5 Å². The lowest BCUT2D eigenvalue weighted by atomic mass is 10.2. The molecule has 1 aliphatic rings. The van der Waals surface area contributed by atoms with Gasteiger partial charge in [0, 0.05) is 19.7 Å². The molecule has 1 unspecified atom stereocenters. The number of aromatic nitrogens is 1. The normalized spacial score (nSPS) is 16.5. The molecule has 186 valence electrons. The Hall–Kier alpha value is -2.57. The van der Waals surface area contributed by atoms with Crippen molar-refractivity contribution in [3.05, 3.63) is 53.1 Å². The smallest absolute Gasteiger partial charge is 0.327 e. The first kappa shape index (κ1) is 25.5. The molecule has 2 heterocycles. The Labute approximate surface area is 212 Å². The highest BCUT2D eigenvalue weighted by molar-refractivity contribution is 7.91. The zero-order chi connectivity index (χ0) is 25.0. The van der Waals surface area contributed by atoms with Crippen LogP contribution in [0.2, 0.25) is 5.02 Å². The van der Waals surface area contributed by atoms with Crippen LogP contribution in [0.25, 0.3) is 10.2 Å². The molecule has 35 heavy (non-hydrogen) atoms. The number of ether oxygens (including phenoxy) is 1. The van der Waals surface area contributed by atoms with Gasteiger partial charge in [-0.05, 0) is 49.7 Å². The molecular weight excluding hydrogens is 512 g/mol. The summed E-state index contributed by atoms with van der Waals surface area (Å²) in [6.07, 6.45) is 2.04. The van der Waals surface area contributed by atoms with E-state index >= 15 is 0 Å². The first-order chi connectivity index (χ1) is 16.8. The molecule has 3 aromatic rings. The quantitative estimate of drug-likeness (QED) is 0.449. The fraction of sp³-hybridized carbons (Fsp3) is 0.348. The highest BCUT2D eigenvalue weighted by Crippen LogP contribution is 2.29. The van der Waals surface area contributed by atoms with Gasteiger partial charge in [0.25, 0.3) is 5.91 Å². The summed E-state index contributed by atoms with van der Waals surface area (Å²) in [5.41, 5.74) is 0.715. The van der Waals surface area contributed by atoms with Crippen molar-refractivity contribution >= 4 is 60.1 Å². The van der Waals surface area contributed by atoms with Crippen molar-refractivity contribution in [1.82, 2.24) is 15.2 Å². The van der Waals surface area contributed by atoms with Crippen LogP contribution in [-0.2, 0) is 14.6 Å². The lowest BCUT2D eigenvalue weighted by Gasteiger charge is -2.23. The third-order valence-corrected chi connectivity index (χ3v) is 8.75. The Bertz CT molecular complexity index is 1340. The van der Waals surface area contributed by atoms with Crippen LogP contribution in [0.15, 0.2) is 47.4 Å². The number of thiazole rings is 1. The van der Waals surface area contributed by atoms with Crippen LogP contribution < -0.4 is 10.6 Å². The molecule has 0 spiro atoms. The van der Waals surface area contributed by atoms with Crippen molar-refractivity contribution in [2.75, 3.05) is 37.9 Å². The number of urea groups is 1. The minimum absolute atomic E-state index is 0.00912. The Morgan fingerprint density at radius 1 is 1.26 bits per heavy atom. The molecule has 2 aromatic carbocycles. The van der Waals surface area contributed by atoms with Gasteiger partial charge >= 0.3 is 6.03 Å². The molecule has 0 radical (unpaired) electrons. The predicted molar refractivity (Wildman–Crippen MR) is 136 cm³/mol. The molecule has 0 aliphatic carbocycles. The minimum atomic E-state index is -3.50. The highest BCUT2D eigenvalue weighted by Gasteiger charge is 2.26. The zero-order valence-corrected chi connectivity index (χ0v) is 21.4. The van der Waals surface area contributed by atoms with Crippen LogP contribution >= 0.6 is 22.9 Å². The number of carbonyl (C=O) groups is 2. The number of rotatable bonds is 8. The predicted octanol–water partition coefficient (Wildman–Crippen LogP) is 3.80. The van der Waals surface area contributed by atoms with E-state index in [0.717, 1.165) is 30.7 Å². The van der Waals surface area contributed by atoms with Gasteiger partial charge < -0.3 is 4.74 Å². The van der Waals surface area contributed by atoms with Gasteiger partial charge in [0.05, 0.1) is 38.1 Å². The van der Waals surface area contributed by atoms with Crippen molar-refractivity contribution in [2.24, 2.45) is 0 Å². The van der Waals surface area contributed by atoms with Crippen molar-refractivity contribution < 1.29 is 22.7 Å². The number of hydrogen-bond acceptors (Lipinski definition) is 8. The Morgan fingerprint density at radius 2 is 2.06 bits per heavy atom. The number of hydrogen-bond donors (Lipinski definition) is 2. The first-order valence-corrected chi connectivity index (χ1v) is 13.8. The molecule has 0 saturated carbocycles. The maximum Gasteiger partial charge on any atom is 0.327 e. The summed E-state index contributed by atoms with van der Waals surface area (Å²) in [6, 6.07) is 10.6. The molecule has 3 amide bonds. The van der Waals surface area contributed by atoms with Crippen LogP contribution in [0.3, 0.4) is 0 Å². The van der Waals surface area contributed by atoms with Gasteiger partial charge in [-0.25, -0.2) is 18.2 Å². The van der Waals surface area contributed by atoms with E-state index in [-0.39, 0.29) is 32.4 Å². The third-order valence-electron chi connectivity index (χ3n) is 5.79. The number of benzene rings is 2. The molecule has 4 rings (SSSR count). The number of fused-ring (bicyclic) bond motifs is 1. The molecule has 1 fully saturated rings.